The number of halogens is 1. The van der Waals surface area contributed by atoms with Crippen LogP contribution in [0.3, 0.4) is 0 Å². The molecule has 0 fully saturated rings. The van der Waals surface area contributed by atoms with E-state index in [2.05, 4.69) is 9.97 Å². The van der Waals surface area contributed by atoms with E-state index in [1.54, 1.807) is 6.07 Å². The molecule has 0 radical (unpaired) electrons. The average Bonchev–Trinajstić information content (AvgIpc) is 2.29. The summed E-state index contributed by atoms with van der Waals surface area (Å²) in [5.41, 5.74) is 12.2. The number of rotatable bonds is 2. The number of ether oxygens (including phenoxy) is 1. The number of aromatic nitrogens is 2. The summed E-state index contributed by atoms with van der Waals surface area (Å²) < 4.78 is 18.3. The van der Waals surface area contributed by atoms with Crippen LogP contribution in [0, 0.1) is 5.82 Å². The molecule has 0 bridgehead atoms. The summed E-state index contributed by atoms with van der Waals surface area (Å²) in [4.78, 5) is 7.63. The van der Waals surface area contributed by atoms with Crippen LogP contribution in [0.2, 0.25) is 0 Å². The molecule has 5 nitrogen and oxygen atoms in total. The molecule has 0 aliphatic rings. The Balaban J connectivity index is 2.50. The Morgan fingerprint density at radius 1 is 1.29 bits per heavy atom. The third kappa shape index (κ3) is 2.10. The van der Waals surface area contributed by atoms with Gasteiger partial charge in [0.25, 0.3) is 0 Å². The van der Waals surface area contributed by atoms with Crippen molar-refractivity contribution in [1.29, 1.82) is 0 Å². The van der Waals surface area contributed by atoms with Crippen molar-refractivity contribution in [2.24, 2.45) is 0 Å². The summed E-state index contributed by atoms with van der Waals surface area (Å²) in [6.45, 7) is 0. The monoisotopic (exact) mass is 234 g/mol. The molecule has 1 heterocycles. The number of nitrogens with zero attached hydrogens (tertiary/aromatic N) is 2. The van der Waals surface area contributed by atoms with Crippen LogP contribution in [0.4, 0.5) is 16.2 Å². The van der Waals surface area contributed by atoms with Gasteiger partial charge in [0.2, 0.25) is 5.95 Å². The highest BCUT2D eigenvalue weighted by Crippen LogP contribution is 2.28. The van der Waals surface area contributed by atoms with Gasteiger partial charge in [-0.1, -0.05) is 6.07 Å². The van der Waals surface area contributed by atoms with Crippen molar-refractivity contribution in [2.75, 3.05) is 18.6 Å². The van der Waals surface area contributed by atoms with E-state index in [1.165, 1.54) is 25.4 Å². The minimum Gasteiger partial charge on any atom is -0.494 e. The highest BCUT2D eigenvalue weighted by molar-refractivity contribution is 5.73. The van der Waals surface area contributed by atoms with Crippen LogP contribution < -0.4 is 16.2 Å². The first-order valence-corrected chi connectivity index (χ1v) is 4.83. The zero-order valence-electron chi connectivity index (χ0n) is 9.14. The Kier molecular flexibility index (Phi) is 2.78. The predicted octanol–water partition coefficient (Wildman–Crippen LogP) is 1.46. The van der Waals surface area contributed by atoms with Gasteiger partial charge >= 0.3 is 0 Å². The van der Waals surface area contributed by atoms with Crippen LogP contribution in [0.1, 0.15) is 0 Å². The normalized spacial score (nSPS) is 10.2. The third-order valence-corrected chi connectivity index (χ3v) is 2.30. The summed E-state index contributed by atoms with van der Waals surface area (Å²) in [5.74, 6) is -0.00721. The van der Waals surface area contributed by atoms with Gasteiger partial charge in [0.15, 0.2) is 11.6 Å². The number of methoxy groups -OCH3 is 1. The topological polar surface area (TPSA) is 87.0 Å². The van der Waals surface area contributed by atoms with E-state index in [0.29, 0.717) is 11.1 Å². The first kappa shape index (κ1) is 11.1. The minimum atomic E-state index is -0.471. The van der Waals surface area contributed by atoms with Gasteiger partial charge in [0.1, 0.15) is 5.82 Å². The van der Waals surface area contributed by atoms with E-state index in [4.69, 9.17) is 16.2 Å². The van der Waals surface area contributed by atoms with Crippen LogP contribution >= 0.6 is 0 Å². The van der Waals surface area contributed by atoms with E-state index in [9.17, 15) is 4.39 Å². The SMILES string of the molecule is COc1ccc(-c2cnc(N)nc2N)cc1F. The van der Waals surface area contributed by atoms with Crippen LogP contribution in [-0.2, 0) is 0 Å². The highest BCUT2D eigenvalue weighted by Gasteiger charge is 2.09. The van der Waals surface area contributed by atoms with Gasteiger partial charge in [-0.3, -0.25) is 0 Å². The molecule has 2 rings (SSSR count). The number of nitrogens with two attached hydrogens (primary N) is 2. The average molecular weight is 234 g/mol. The van der Waals surface area contributed by atoms with Crippen molar-refractivity contribution in [3.8, 4) is 16.9 Å². The molecule has 1 aromatic heterocycles. The molecule has 0 aliphatic heterocycles. The molecule has 0 aliphatic carbocycles. The maximum atomic E-state index is 13.5. The van der Waals surface area contributed by atoms with Crippen LogP contribution in [0.5, 0.6) is 5.75 Å². The molecule has 0 atom stereocenters. The summed E-state index contributed by atoms with van der Waals surface area (Å²) in [6.07, 6.45) is 1.46. The maximum absolute atomic E-state index is 13.5. The van der Waals surface area contributed by atoms with Gasteiger partial charge < -0.3 is 16.2 Å². The Bertz CT molecular complexity index is 559. The molecular weight excluding hydrogens is 223 g/mol. The van der Waals surface area contributed by atoms with E-state index < -0.39 is 5.82 Å². The predicted molar refractivity (Wildman–Crippen MR) is 62.8 cm³/mol. The Morgan fingerprint density at radius 3 is 2.65 bits per heavy atom. The quantitative estimate of drug-likeness (QED) is 0.821. The van der Waals surface area contributed by atoms with Gasteiger partial charge in [0.05, 0.1) is 7.11 Å². The number of anilines is 2. The van der Waals surface area contributed by atoms with E-state index in [0.717, 1.165) is 0 Å². The molecular formula is C11H11FN4O. The molecule has 1 aromatic carbocycles. The molecule has 0 saturated carbocycles. The number of hydrogen-bond acceptors (Lipinski definition) is 5. The lowest BCUT2D eigenvalue weighted by atomic mass is 10.1. The summed E-state index contributed by atoms with van der Waals surface area (Å²) >= 11 is 0. The second-order valence-corrected chi connectivity index (χ2v) is 3.38. The fourth-order valence-electron chi connectivity index (χ4n) is 1.47. The van der Waals surface area contributed by atoms with Gasteiger partial charge in [-0.15, -0.1) is 0 Å². The smallest absolute Gasteiger partial charge is 0.221 e. The first-order valence-electron chi connectivity index (χ1n) is 4.83. The van der Waals surface area contributed by atoms with E-state index in [1.807, 2.05) is 0 Å². The molecule has 6 heteroatoms. The van der Waals surface area contributed by atoms with Crippen molar-refractivity contribution in [3.05, 3.63) is 30.2 Å². The fourth-order valence-corrected chi connectivity index (χ4v) is 1.47. The largest absolute Gasteiger partial charge is 0.494 e. The lowest BCUT2D eigenvalue weighted by Crippen LogP contribution is -2.01. The van der Waals surface area contributed by atoms with Crippen molar-refractivity contribution >= 4 is 11.8 Å². The molecule has 17 heavy (non-hydrogen) atoms. The third-order valence-electron chi connectivity index (χ3n) is 2.30. The van der Waals surface area contributed by atoms with Crippen molar-refractivity contribution in [3.63, 3.8) is 0 Å². The summed E-state index contributed by atoms with van der Waals surface area (Å²) in [6, 6.07) is 4.50. The Morgan fingerprint density at radius 2 is 2.06 bits per heavy atom. The first-order chi connectivity index (χ1) is 8.11. The van der Waals surface area contributed by atoms with Crippen LogP contribution in [0.25, 0.3) is 11.1 Å². The standard InChI is InChI=1S/C11H11FN4O/c1-17-9-3-2-6(4-8(9)12)7-5-15-11(14)16-10(7)13/h2-5H,1H3,(H4,13,14,15,16). The number of hydrogen-bond donors (Lipinski definition) is 2. The van der Waals surface area contributed by atoms with E-state index >= 15 is 0 Å². The second kappa shape index (κ2) is 4.25. The van der Waals surface area contributed by atoms with E-state index in [-0.39, 0.29) is 17.5 Å². The van der Waals surface area contributed by atoms with Crippen molar-refractivity contribution in [1.82, 2.24) is 9.97 Å². The second-order valence-electron chi connectivity index (χ2n) is 3.38. The zero-order valence-corrected chi connectivity index (χ0v) is 9.14. The van der Waals surface area contributed by atoms with Crippen LogP contribution in [-0.4, -0.2) is 17.1 Å². The van der Waals surface area contributed by atoms with Gasteiger partial charge in [-0.2, -0.15) is 4.98 Å². The molecule has 88 valence electrons. The van der Waals surface area contributed by atoms with Gasteiger partial charge in [0, 0.05) is 11.8 Å². The van der Waals surface area contributed by atoms with Crippen molar-refractivity contribution < 1.29 is 9.13 Å². The maximum Gasteiger partial charge on any atom is 0.221 e. The molecule has 0 amide bonds. The summed E-state index contributed by atoms with van der Waals surface area (Å²) in [7, 11) is 1.40. The molecule has 0 saturated heterocycles. The fraction of sp³-hybridized carbons (Fsp3) is 0.0909. The highest BCUT2D eigenvalue weighted by atomic mass is 19.1. The lowest BCUT2D eigenvalue weighted by molar-refractivity contribution is 0.386. The Hall–Kier alpha value is -2.37. The molecule has 2 aromatic rings. The molecule has 0 unspecified atom stereocenters. The van der Waals surface area contributed by atoms with Crippen LogP contribution in [0.15, 0.2) is 24.4 Å². The Labute approximate surface area is 97.3 Å². The van der Waals surface area contributed by atoms with Gasteiger partial charge in [-0.25, -0.2) is 9.37 Å². The number of benzene rings is 1. The molecule has 0 spiro atoms. The lowest BCUT2D eigenvalue weighted by Gasteiger charge is -2.07. The van der Waals surface area contributed by atoms with Crippen molar-refractivity contribution in [2.45, 2.75) is 0 Å². The zero-order chi connectivity index (χ0) is 12.4. The minimum absolute atomic E-state index is 0.0835. The summed E-state index contributed by atoms with van der Waals surface area (Å²) in [5, 5.41) is 0. The van der Waals surface area contributed by atoms with Gasteiger partial charge in [-0.05, 0) is 17.7 Å². The molecule has 4 N–H and O–H groups in total. The number of nitrogen functional groups attached to an aromatic ring is 2.